The van der Waals surface area contributed by atoms with E-state index in [-0.39, 0.29) is 6.54 Å². The van der Waals surface area contributed by atoms with Crippen LogP contribution in [0.3, 0.4) is 0 Å². The van der Waals surface area contributed by atoms with Gasteiger partial charge in [-0.3, -0.25) is 5.43 Å². The van der Waals surface area contributed by atoms with Crippen molar-refractivity contribution in [2.45, 2.75) is 57.9 Å². The zero-order valence-corrected chi connectivity index (χ0v) is 12.2. The predicted molar refractivity (Wildman–Crippen MR) is 72.9 cm³/mol. The van der Waals surface area contributed by atoms with Crippen LogP contribution in [0.25, 0.3) is 0 Å². The van der Waals surface area contributed by atoms with Crippen molar-refractivity contribution in [2.75, 3.05) is 0 Å². The quantitative estimate of drug-likeness (QED) is 0.845. The molecule has 1 aromatic carbocycles. The summed E-state index contributed by atoms with van der Waals surface area (Å²) in [7, 11) is 0. The molecule has 21 heavy (non-hydrogen) atoms. The van der Waals surface area contributed by atoms with Crippen molar-refractivity contribution in [1.82, 2.24) is 10.4 Å². The first-order valence-electron chi connectivity index (χ1n) is 7.16. The van der Waals surface area contributed by atoms with E-state index in [2.05, 4.69) is 24.3 Å². The van der Waals surface area contributed by atoms with Gasteiger partial charge in [0, 0.05) is 18.6 Å². The Labute approximate surface area is 122 Å². The van der Waals surface area contributed by atoms with Gasteiger partial charge >= 0.3 is 6.18 Å². The van der Waals surface area contributed by atoms with E-state index in [0.717, 1.165) is 31.4 Å². The zero-order valence-electron chi connectivity index (χ0n) is 12.2. The van der Waals surface area contributed by atoms with Gasteiger partial charge in [-0.25, -0.2) is 9.40 Å². The van der Waals surface area contributed by atoms with Gasteiger partial charge in [0.1, 0.15) is 5.82 Å². The van der Waals surface area contributed by atoms with E-state index < -0.39 is 17.6 Å². The molecule has 1 N–H and O–H groups in total. The summed E-state index contributed by atoms with van der Waals surface area (Å²) in [6, 6.07) is 3.83. The topological polar surface area (TPSA) is 15.3 Å². The van der Waals surface area contributed by atoms with Crippen LogP contribution < -0.4 is 5.43 Å². The fraction of sp³-hybridized carbons (Fsp3) is 0.600. The summed E-state index contributed by atoms with van der Waals surface area (Å²) in [6.07, 6.45) is -1.37. The standard InChI is InChI=1S/C15H20F4N2/c1-10-4-3-5-11(2)21(10)20-9-12-6-7-14(16)13(8-12)15(17,18)19/h6-8,10-11,20H,3-5,9H2,1-2H3. The predicted octanol–water partition coefficient (Wildman–Crippen LogP) is 4.11. The molecule has 0 radical (unpaired) electrons. The average Bonchev–Trinajstić information content (AvgIpc) is 2.38. The van der Waals surface area contributed by atoms with Crippen LogP contribution in [0.1, 0.15) is 44.2 Å². The summed E-state index contributed by atoms with van der Waals surface area (Å²) >= 11 is 0. The number of hydrogen-bond donors (Lipinski definition) is 1. The number of nitrogens with one attached hydrogen (secondary N) is 1. The third-order valence-corrected chi connectivity index (χ3v) is 4.00. The lowest BCUT2D eigenvalue weighted by Crippen LogP contribution is -2.51. The first kappa shape index (κ1) is 16.2. The number of halogens is 4. The second-order valence-electron chi connectivity index (χ2n) is 5.68. The van der Waals surface area contributed by atoms with Crippen LogP contribution in [0.5, 0.6) is 0 Å². The van der Waals surface area contributed by atoms with E-state index in [9.17, 15) is 17.6 Å². The molecule has 2 nitrogen and oxygen atoms in total. The number of piperidine rings is 1. The minimum Gasteiger partial charge on any atom is -0.250 e. The molecule has 2 atom stereocenters. The highest BCUT2D eigenvalue weighted by atomic mass is 19.4. The molecular formula is C15H20F4N2. The van der Waals surface area contributed by atoms with Crippen LogP contribution in [-0.4, -0.2) is 17.1 Å². The maximum absolute atomic E-state index is 13.2. The zero-order chi connectivity index (χ0) is 15.6. The van der Waals surface area contributed by atoms with Crippen molar-refractivity contribution in [3.63, 3.8) is 0 Å². The van der Waals surface area contributed by atoms with Gasteiger partial charge < -0.3 is 0 Å². The highest BCUT2D eigenvalue weighted by Gasteiger charge is 2.34. The smallest absolute Gasteiger partial charge is 0.250 e. The molecule has 0 amide bonds. The summed E-state index contributed by atoms with van der Waals surface area (Å²) in [5, 5.41) is 2.08. The highest BCUT2D eigenvalue weighted by Crippen LogP contribution is 2.32. The molecular weight excluding hydrogens is 284 g/mol. The van der Waals surface area contributed by atoms with Crippen molar-refractivity contribution >= 4 is 0 Å². The van der Waals surface area contributed by atoms with Crippen molar-refractivity contribution in [3.05, 3.63) is 35.1 Å². The first-order valence-corrected chi connectivity index (χ1v) is 7.16. The Hall–Kier alpha value is -1.14. The van der Waals surface area contributed by atoms with Crippen LogP contribution in [0.2, 0.25) is 0 Å². The molecule has 1 saturated heterocycles. The Morgan fingerprint density at radius 2 is 1.81 bits per heavy atom. The van der Waals surface area contributed by atoms with Crippen LogP contribution in [0.15, 0.2) is 18.2 Å². The van der Waals surface area contributed by atoms with Gasteiger partial charge in [0.2, 0.25) is 0 Å². The van der Waals surface area contributed by atoms with E-state index in [0.29, 0.717) is 17.6 Å². The normalized spacial score (nSPS) is 24.3. The molecule has 2 rings (SSSR count). The van der Waals surface area contributed by atoms with Gasteiger partial charge in [0.15, 0.2) is 0 Å². The summed E-state index contributed by atoms with van der Waals surface area (Å²) in [4.78, 5) is 0. The third-order valence-electron chi connectivity index (χ3n) is 4.00. The van der Waals surface area contributed by atoms with E-state index in [4.69, 9.17) is 0 Å². The molecule has 0 spiro atoms. The average molecular weight is 304 g/mol. The van der Waals surface area contributed by atoms with Gasteiger partial charge in [-0.15, -0.1) is 0 Å². The second-order valence-corrected chi connectivity index (χ2v) is 5.68. The molecule has 0 aromatic heterocycles. The summed E-state index contributed by atoms with van der Waals surface area (Å²) in [5.74, 6) is -1.23. The van der Waals surface area contributed by atoms with E-state index in [1.807, 2.05) is 0 Å². The molecule has 1 aromatic rings. The number of hydrogen-bond acceptors (Lipinski definition) is 2. The number of hydrazine groups is 1. The largest absolute Gasteiger partial charge is 0.419 e. The number of alkyl halides is 3. The lowest BCUT2D eigenvalue weighted by molar-refractivity contribution is -0.140. The Balaban J connectivity index is 2.06. The summed E-state index contributed by atoms with van der Waals surface area (Å²) in [6.45, 7) is 4.45. The minimum absolute atomic E-state index is 0.262. The van der Waals surface area contributed by atoms with Crippen LogP contribution in [0, 0.1) is 5.82 Å². The molecule has 0 bridgehead atoms. The first-order chi connectivity index (χ1) is 9.79. The summed E-state index contributed by atoms with van der Waals surface area (Å²) in [5.41, 5.74) is 2.40. The van der Waals surface area contributed by atoms with Crippen molar-refractivity contribution in [3.8, 4) is 0 Å². The number of benzene rings is 1. The van der Waals surface area contributed by atoms with Crippen molar-refractivity contribution < 1.29 is 17.6 Å². The van der Waals surface area contributed by atoms with Gasteiger partial charge in [0.25, 0.3) is 0 Å². The number of nitrogens with zero attached hydrogens (tertiary/aromatic N) is 1. The maximum Gasteiger partial charge on any atom is 0.419 e. The molecule has 118 valence electrons. The van der Waals surface area contributed by atoms with Crippen LogP contribution >= 0.6 is 0 Å². The SMILES string of the molecule is CC1CCCC(C)N1NCc1ccc(F)c(C(F)(F)F)c1. The fourth-order valence-corrected chi connectivity index (χ4v) is 2.82. The van der Waals surface area contributed by atoms with Crippen molar-refractivity contribution in [1.29, 1.82) is 0 Å². The molecule has 2 unspecified atom stereocenters. The molecule has 6 heteroatoms. The maximum atomic E-state index is 13.2. The Morgan fingerprint density at radius 1 is 1.19 bits per heavy atom. The molecule has 0 saturated carbocycles. The number of rotatable bonds is 3. The lowest BCUT2D eigenvalue weighted by Gasteiger charge is -2.39. The Morgan fingerprint density at radius 3 is 2.38 bits per heavy atom. The third kappa shape index (κ3) is 3.95. The monoisotopic (exact) mass is 304 g/mol. The van der Waals surface area contributed by atoms with Crippen molar-refractivity contribution in [2.24, 2.45) is 0 Å². The highest BCUT2D eigenvalue weighted by molar-refractivity contribution is 5.27. The molecule has 1 heterocycles. The van der Waals surface area contributed by atoms with E-state index >= 15 is 0 Å². The van der Waals surface area contributed by atoms with Gasteiger partial charge in [-0.05, 0) is 44.4 Å². The van der Waals surface area contributed by atoms with E-state index in [1.54, 1.807) is 0 Å². The van der Waals surface area contributed by atoms with Crippen LogP contribution in [-0.2, 0) is 12.7 Å². The van der Waals surface area contributed by atoms with Gasteiger partial charge in [-0.2, -0.15) is 13.2 Å². The molecule has 0 aliphatic carbocycles. The Kier molecular flexibility index (Phi) is 4.88. The minimum atomic E-state index is -4.66. The fourth-order valence-electron chi connectivity index (χ4n) is 2.82. The van der Waals surface area contributed by atoms with E-state index in [1.165, 1.54) is 6.07 Å². The van der Waals surface area contributed by atoms with Gasteiger partial charge in [0.05, 0.1) is 5.56 Å². The molecule has 1 aliphatic heterocycles. The Bertz CT molecular complexity index is 477. The molecule has 1 aliphatic rings. The van der Waals surface area contributed by atoms with Gasteiger partial charge in [-0.1, -0.05) is 12.5 Å². The van der Waals surface area contributed by atoms with Crippen LogP contribution in [0.4, 0.5) is 17.6 Å². The molecule has 1 fully saturated rings. The lowest BCUT2D eigenvalue weighted by atomic mass is 10.00. The summed E-state index contributed by atoms with van der Waals surface area (Å²) < 4.78 is 51.3. The second kappa shape index (κ2) is 6.32.